The molecule has 1 aliphatic rings. The van der Waals surface area contributed by atoms with Crippen LogP contribution >= 0.6 is 0 Å². The van der Waals surface area contributed by atoms with Crippen molar-refractivity contribution in [1.82, 2.24) is 4.98 Å². The molecule has 15 heavy (non-hydrogen) atoms. The SMILES string of the molecule is NC(=O)c1nccc(N)c1N1CCCC1. The van der Waals surface area contributed by atoms with Crippen LogP contribution in [0.25, 0.3) is 0 Å². The summed E-state index contributed by atoms with van der Waals surface area (Å²) in [5.74, 6) is -0.524. The molecule has 1 saturated heterocycles. The lowest BCUT2D eigenvalue weighted by Crippen LogP contribution is -2.25. The molecule has 0 aliphatic carbocycles. The zero-order valence-corrected chi connectivity index (χ0v) is 8.44. The van der Waals surface area contributed by atoms with Gasteiger partial charge >= 0.3 is 0 Å². The van der Waals surface area contributed by atoms with E-state index in [-0.39, 0.29) is 5.69 Å². The Balaban J connectivity index is 2.46. The molecule has 2 rings (SSSR count). The van der Waals surface area contributed by atoms with Gasteiger partial charge in [-0.15, -0.1) is 0 Å². The third kappa shape index (κ3) is 1.72. The highest BCUT2D eigenvalue weighted by atomic mass is 16.1. The molecule has 0 radical (unpaired) electrons. The predicted molar refractivity (Wildman–Crippen MR) is 58.6 cm³/mol. The van der Waals surface area contributed by atoms with Crippen molar-refractivity contribution >= 4 is 17.3 Å². The molecule has 5 nitrogen and oxygen atoms in total. The van der Waals surface area contributed by atoms with Gasteiger partial charge in [0.05, 0.1) is 11.4 Å². The normalized spacial score (nSPS) is 15.6. The van der Waals surface area contributed by atoms with Gasteiger partial charge in [0.15, 0.2) is 5.69 Å². The summed E-state index contributed by atoms with van der Waals surface area (Å²) in [6.45, 7) is 1.83. The van der Waals surface area contributed by atoms with Crippen LogP contribution in [0.15, 0.2) is 12.3 Å². The molecule has 0 aromatic carbocycles. The van der Waals surface area contributed by atoms with Crippen LogP contribution in [0.5, 0.6) is 0 Å². The highest BCUT2D eigenvalue weighted by molar-refractivity contribution is 5.99. The molecule has 1 aromatic heterocycles. The zero-order valence-electron chi connectivity index (χ0n) is 8.44. The van der Waals surface area contributed by atoms with Gasteiger partial charge in [0.1, 0.15) is 0 Å². The van der Waals surface area contributed by atoms with Crippen LogP contribution in [-0.4, -0.2) is 24.0 Å². The lowest BCUT2D eigenvalue weighted by Gasteiger charge is -2.21. The number of hydrogen-bond donors (Lipinski definition) is 2. The number of pyridine rings is 1. The Bertz CT molecular complexity index is 385. The first-order valence-electron chi connectivity index (χ1n) is 4.99. The van der Waals surface area contributed by atoms with E-state index in [1.165, 1.54) is 6.20 Å². The third-order valence-electron chi connectivity index (χ3n) is 2.61. The summed E-state index contributed by atoms with van der Waals surface area (Å²) >= 11 is 0. The van der Waals surface area contributed by atoms with Gasteiger partial charge in [0.2, 0.25) is 0 Å². The molecule has 0 unspecified atom stereocenters. The van der Waals surface area contributed by atoms with E-state index in [1.807, 2.05) is 0 Å². The molecule has 0 saturated carbocycles. The van der Waals surface area contributed by atoms with Crippen molar-refractivity contribution in [3.05, 3.63) is 18.0 Å². The molecule has 1 aliphatic heterocycles. The smallest absolute Gasteiger partial charge is 0.269 e. The van der Waals surface area contributed by atoms with Crippen LogP contribution in [0.2, 0.25) is 0 Å². The highest BCUT2D eigenvalue weighted by Gasteiger charge is 2.21. The number of aromatic nitrogens is 1. The number of anilines is 2. The Morgan fingerprint density at radius 1 is 1.40 bits per heavy atom. The number of nitrogens with zero attached hydrogens (tertiary/aromatic N) is 2. The van der Waals surface area contributed by atoms with Crippen LogP contribution in [0.4, 0.5) is 11.4 Å². The number of carbonyl (C=O) groups excluding carboxylic acids is 1. The minimum Gasteiger partial charge on any atom is -0.397 e. The maximum atomic E-state index is 11.2. The molecule has 5 heteroatoms. The number of nitrogens with two attached hydrogens (primary N) is 2. The Morgan fingerprint density at radius 3 is 2.67 bits per heavy atom. The summed E-state index contributed by atoms with van der Waals surface area (Å²) in [6.07, 6.45) is 3.74. The number of primary amides is 1. The van der Waals surface area contributed by atoms with E-state index in [0.717, 1.165) is 25.9 Å². The van der Waals surface area contributed by atoms with E-state index in [0.29, 0.717) is 11.4 Å². The lowest BCUT2D eigenvalue weighted by atomic mass is 10.2. The van der Waals surface area contributed by atoms with Gasteiger partial charge in [-0.25, -0.2) is 4.98 Å². The second-order valence-corrected chi connectivity index (χ2v) is 3.66. The molecule has 0 bridgehead atoms. The van der Waals surface area contributed by atoms with E-state index in [4.69, 9.17) is 11.5 Å². The van der Waals surface area contributed by atoms with Crippen LogP contribution in [0.1, 0.15) is 23.3 Å². The van der Waals surface area contributed by atoms with E-state index < -0.39 is 5.91 Å². The first-order chi connectivity index (χ1) is 7.20. The highest BCUT2D eigenvalue weighted by Crippen LogP contribution is 2.28. The Kier molecular flexibility index (Phi) is 2.45. The Hall–Kier alpha value is -1.78. The second-order valence-electron chi connectivity index (χ2n) is 3.66. The monoisotopic (exact) mass is 206 g/mol. The van der Waals surface area contributed by atoms with Crippen molar-refractivity contribution in [2.75, 3.05) is 23.7 Å². The van der Waals surface area contributed by atoms with Gasteiger partial charge < -0.3 is 16.4 Å². The molecule has 1 fully saturated rings. The topological polar surface area (TPSA) is 85.2 Å². The van der Waals surface area contributed by atoms with Gasteiger partial charge in [0.25, 0.3) is 5.91 Å². The van der Waals surface area contributed by atoms with E-state index in [1.54, 1.807) is 6.07 Å². The standard InChI is InChI=1S/C10H14N4O/c11-7-3-4-13-8(10(12)15)9(7)14-5-1-2-6-14/h3-4H,1-2,5-6H2,(H2,11,13)(H2,12,15). The van der Waals surface area contributed by atoms with Gasteiger partial charge in [-0.2, -0.15) is 0 Å². The minimum absolute atomic E-state index is 0.275. The van der Waals surface area contributed by atoms with Gasteiger partial charge in [-0.05, 0) is 18.9 Å². The molecule has 0 atom stereocenters. The summed E-state index contributed by atoms with van der Waals surface area (Å²) in [7, 11) is 0. The quantitative estimate of drug-likeness (QED) is 0.731. The molecule has 80 valence electrons. The number of nitrogen functional groups attached to an aromatic ring is 1. The largest absolute Gasteiger partial charge is 0.397 e. The fourth-order valence-electron chi connectivity index (χ4n) is 1.92. The summed E-state index contributed by atoms with van der Waals surface area (Å²) in [4.78, 5) is 17.3. The summed E-state index contributed by atoms with van der Waals surface area (Å²) in [5.41, 5.74) is 12.7. The maximum Gasteiger partial charge on any atom is 0.269 e. The van der Waals surface area contributed by atoms with Crippen LogP contribution in [-0.2, 0) is 0 Å². The molecule has 0 spiro atoms. The number of amides is 1. The average Bonchev–Trinajstić information content (AvgIpc) is 2.70. The molecule has 1 amide bonds. The Labute approximate surface area is 88.1 Å². The maximum absolute atomic E-state index is 11.2. The minimum atomic E-state index is -0.524. The number of hydrogen-bond acceptors (Lipinski definition) is 4. The van der Waals surface area contributed by atoms with E-state index >= 15 is 0 Å². The number of rotatable bonds is 2. The molecular weight excluding hydrogens is 192 g/mol. The van der Waals surface area contributed by atoms with Gasteiger partial charge in [-0.3, -0.25) is 4.79 Å². The van der Waals surface area contributed by atoms with Crippen molar-refractivity contribution in [2.24, 2.45) is 5.73 Å². The summed E-state index contributed by atoms with van der Waals surface area (Å²) in [5, 5.41) is 0. The molecular formula is C10H14N4O. The van der Waals surface area contributed by atoms with Crippen molar-refractivity contribution in [3.8, 4) is 0 Å². The first-order valence-corrected chi connectivity index (χ1v) is 4.99. The van der Waals surface area contributed by atoms with Crippen molar-refractivity contribution < 1.29 is 4.79 Å². The Morgan fingerprint density at radius 2 is 2.07 bits per heavy atom. The van der Waals surface area contributed by atoms with E-state index in [2.05, 4.69) is 9.88 Å². The van der Waals surface area contributed by atoms with Gasteiger partial charge in [0, 0.05) is 19.3 Å². The fourth-order valence-corrected chi connectivity index (χ4v) is 1.92. The third-order valence-corrected chi connectivity index (χ3v) is 2.61. The van der Waals surface area contributed by atoms with Crippen LogP contribution in [0.3, 0.4) is 0 Å². The number of carbonyl (C=O) groups is 1. The summed E-state index contributed by atoms with van der Waals surface area (Å²) in [6, 6.07) is 1.69. The molecule has 2 heterocycles. The van der Waals surface area contributed by atoms with Crippen molar-refractivity contribution in [1.29, 1.82) is 0 Å². The zero-order chi connectivity index (χ0) is 10.8. The predicted octanol–water partition coefficient (Wildman–Crippen LogP) is 0.363. The fraction of sp³-hybridized carbons (Fsp3) is 0.400. The van der Waals surface area contributed by atoms with Crippen LogP contribution in [0, 0.1) is 0 Å². The first kappa shape index (κ1) is 9.76. The average molecular weight is 206 g/mol. The van der Waals surface area contributed by atoms with Crippen molar-refractivity contribution in [3.63, 3.8) is 0 Å². The molecule has 4 N–H and O–H groups in total. The molecule has 1 aromatic rings. The van der Waals surface area contributed by atoms with Crippen molar-refractivity contribution in [2.45, 2.75) is 12.8 Å². The van der Waals surface area contributed by atoms with Gasteiger partial charge in [-0.1, -0.05) is 0 Å². The lowest BCUT2D eigenvalue weighted by molar-refractivity contribution is 0.0996. The summed E-state index contributed by atoms with van der Waals surface area (Å²) < 4.78 is 0. The van der Waals surface area contributed by atoms with Crippen LogP contribution < -0.4 is 16.4 Å². The van der Waals surface area contributed by atoms with E-state index in [9.17, 15) is 4.79 Å². The second kappa shape index (κ2) is 3.76.